The van der Waals surface area contributed by atoms with E-state index in [1.165, 1.54) is 12.1 Å². The molecule has 134 valence electrons. The molecular formula is C16H20FN5O2S. The van der Waals surface area contributed by atoms with E-state index >= 15 is 0 Å². The molecule has 0 bridgehead atoms. The van der Waals surface area contributed by atoms with E-state index in [4.69, 9.17) is 0 Å². The van der Waals surface area contributed by atoms with Crippen LogP contribution in [0.5, 0.6) is 0 Å². The molecule has 1 heterocycles. The van der Waals surface area contributed by atoms with Crippen molar-refractivity contribution in [2.24, 2.45) is 7.05 Å². The highest BCUT2D eigenvalue weighted by atomic mass is 32.2. The van der Waals surface area contributed by atoms with E-state index in [0.29, 0.717) is 11.0 Å². The van der Waals surface area contributed by atoms with Gasteiger partial charge in [0.2, 0.25) is 5.91 Å². The van der Waals surface area contributed by atoms with Crippen LogP contribution in [0.2, 0.25) is 0 Å². The molecule has 0 radical (unpaired) electrons. The number of carbonyl (C=O) groups excluding carboxylic acids is 2. The molecule has 9 heteroatoms. The summed E-state index contributed by atoms with van der Waals surface area (Å²) in [5.41, 5.74) is 0.723. The van der Waals surface area contributed by atoms with Gasteiger partial charge in [-0.1, -0.05) is 18.7 Å². The summed E-state index contributed by atoms with van der Waals surface area (Å²) in [6.07, 6.45) is 0.779. The minimum atomic E-state index is -0.509. The Morgan fingerprint density at radius 1 is 1.28 bits per heavy atom. The largest absolute Gasteiger partial charge is 0.335 e. The first-order valence-corrected chi connectivity index (χ1v) is 8.77. The van der Waals surface area contributed by atoms with E-state index < -0.39 is 11.9 Å². The first kappa shape index (κ1) is 18.9. The van der Waals surface area contributed by atoms with Gasteiger partial charge in [0.05, 0.1) is 5.75 Å². The Balaban J connectivity index is 1.92. The number of hydrogen-bond acceptors (Lipinski definition) is 5. The zero-order chi connectivity index (χ0) is 18.4. The number of imide groups is 1. The molecule has 1 aromatic carbocycles. The molecule has 2 aromatic rings. The Morgan fingerprint density at radius 2 is 1.96 bits per heavy atom. The summed E-state index contributed by atoms with van der Waals surface area (Å²) < 4.78 is 14.7. The number of nitrogens with one attached hydrogen (secondary N) is 2. The van der Waals surface area contributed by atoms with Crippen LogP contribution in [0, 0.1) is 5.82 Å². The van der Waals surface area contributed by atoms with Gasteiger partial charge in [-0.3, -0.25) is 10.1 Å². The molecule has 2 N–H and O–H groups in total. The molecule has 25 heavy (non-hydrogen) atoms. The maximum absolute atomic E-state index is 13.0. The number of benzene rings is 1. The van der Waals surface area contributed by atoms with Crippen LogP contribution in [0.3, 0.4) is 0 Å². The summed E-state index contributed by atoms with van der Waals surface area (Å²) in [5.74, 6) is -0.147. The van der Waals surface area contributed by atoms with E-state index in [2.05, 4.69) is 20.8 Å². The molecule has 0 fully saturated rings. The van der Waals surface area contributed by atoms with Crippen molar-refractivity contribution in [3.05, 3.63) is 30.1 Å². The van der Waals surface area contributed by atoms with E-state index in [-0.39, 0.29) is 17.6 Å². The molecule has 7 nitrogen and oxygen atoms in total. The zero-order valence-corrected chi connectivity index (χ0v) is 15.1. The Bertz CT molecular complexity index is 747. The van der Waals surface area contributed by atoms with Crippen molar-refractivity contribution < 1.29 is 14.0 Å². The summed E-state index contributed by atoms with van der Waals surface area (Å²) in [6.45, 7) is 3.80. The minimum absolute atomic E-state index is 0.00235. The smallest absolute Gasteiger partial charge is 0.321 e. The zero-order valence-electron chi connectivity index (χ0n) is 14.2. The van der Waals surface area contributed by atoms with Crippen LogP contribution in [0.25, 0.3) is 11.4 Å². The fourth-order valence-corrected chi connectivity index (χ4v) is 2.66. The summed E-state index contributed by atoms with van der Waals surface area (Å²) in [5, 5.41) is 13.5. The second-order valence-electron chi connectivity index (χ2n) is 5.49. The normalized spacial score (nSPS) is 11.8. The van der Waals surface area contributed by atoms with Gasteiger partial charge in [0.25, 0.3) is 0 Å². The lowest BCUT2D eigenvalue weighted by atomic mass is 10.2. The van der Waals surface area contributed by atoms with Gasteiger partial charge in [-0.05, 0) is 37.6 Å². The molecule has 0 saturated heterocycles. The maximum Gasteiger partial charge on any atom is 0.321 e. The first-order chi connectivity index (χ1) is 11.9. The highest BCUT2D eigenvalue weighted by Gasteiger charge is 2.14. The Labute approximate surface area is 149 Å². The second-order valence-corrected chi connectivity index (χ2v) is 6.43. The van der Waals surface area contributed by atoms with Crippen molar-refractivity contribution >= 4 is 23.7 Å². The Kier molecular flexibility index (Phi) is 6.51. The number of urea groups is 1. The molecule has 0 unspecified atom stereocenters. The predicted octanol–water partition coefficient (Wildman–Crippen LogP) is 2.34. The third-order valence-corrected chi connectivity index (χ3v) is 4.53. The average molecular weight is 365 g/mol. The molecule has 0 spiro atoms. The number of halogens is 1. The quantitative estimate of drug-likeness (QED) is 0.767. The number of aromatic nitrogens is 3. The van der Waals surface area contributed by atoms with Crippen LogP contribution in [0.15, 0.2) is 29.4 Å². The molecule has 3 amide bonds. The van der Waals surface area contributed by atoms with Crippen LogP contribution in [-0.2, 0) is 11.8 Å². The van der Waals surface area contributed by atoms with E-state index in [1.807, 2.05) is 13.8 Å². The van der Waals surface area contributed by atoms with E-state index in [1.54, 1.807) is 23.7 Å². The van der Waals surface area contributed by atoms with Crippen molar-refractivity contribution in [2.45, 2.75) is 31.5 Å². The van der Waals surface area contributed by atoms with E-state index in [0.717, 1.165) is 23.7 Å². The highest BCUT2D eigenvalue weighted by molar-refractivity contribution is 7.99. The number of nitrogens with zero attached hydrogens (tertiary/aromatic N) is 3. The third kappa shape index (κ3) is 5.28. The lowest BCUT2D eigenvalue weighted by Crippen LogP contribution is -2.43. The summed E-state index contributed by atoms with van der Waals surface area (Å²) in [4.78, 5) is 23.4. The third-order valence-electron chi connectivity index (χ3n) is 3.51. The van der Waals surface area contributed by atoms with Crippen LogP contribution < -0.4 is 10.6 Å². The molecule has 0 saturated carbocycles. The lowest BCUT2D eigenvalue weighted by molar-refractivity contribution is -0.117. The first-order valence-electron chi connectivity index (χ1n) is 7.79. The van der Waals surface area contributed by atoms with E-state index in [9.17, 15) is 14.0 Å². The van der Waals surface area contributed by atoms with Crippen molar-refractivity contribution in [3.8, 4) is 11.4 Å². The fourth-order valence-electron chi connectivity index (χ4n) is 1.95. The highest BCUT2D eigenvalue weighted by Crippen LogP contribution is 2.22. The summed E-state index contributed by atoms with van der Waals surface area (Å²) in [7, 11) is 1.76. The summed E-state index contributed by atoms with van der Waals surface area (Å²) >= 11 is 1.16. The molecule has 1 aromatic heterocycles. The Morgan fingerprint density at radius 3 is 2.60 bits per heavy atom. The lowest BCUT2D eigenvalue weighted by Gasteiger charge is -2.11. The van der Waals surface area contributed by atoms with Gasteiger partial charge < -0.3 is 9.88 Å². The SMILES string of the molecule is CC[C@H](C)NC(=O)NC(=O)CSc1nnc(-c2ccc(F)cc2)n1C. The van der Waals surface area contributed by atoms with Gasteiger partial charge in [0.15, 0.2) is 11.0 Å². The van der Waals surface area contributed by atoms with Gasteiger partial charge >= 0.3 is 6.03 Å². The Hall–Kier alpha value is -2.42. The number of hydrogen-bond donors (Lipinski definition) is 2. The molecule has 0 aliphatic rings. The van der Waals surface area contributed by atoms with Gasteiger partial charge in [-0.25, -0.2) is 9.18 Å². The van der Waals surface area contributed by atoms with Gasteiger partial charge in [-0.15, -0.1) is 10.2 Å². The number of carbonyl (C=O) groups is 2. The van der Waals surface area contributed by atoms with Crippen LogP contribution >= 0.6 is 11.8 Å². The molecule has 1 atom stereocenters. The standard InChI is InChI=1S/C16H20FN5O2S/c1-4-10(2)18-15(24)19-13(23)9-25-16-21-20-14(22(16)3)11-5-7-12(17)8-6-11/h5-8,10H,4,9H2,1-3H3,(H2,18,19,23,24)/t10-/m0/s1. The van der Waals surface area contributed by atoms with Crippen molar-refractivity contribution in [3.63, 3.8) is 0 Å². The number of amides is 3. The monoisotopic (exact) mass is 365 g/mol. The minimum Gasteiger partial charge on any atom is -0.335 e. The molecular weight excluding hydrogens is 345 g/mol. The van der Waals surface area contributed by atoms with Crippen molar-refractivity contribution in [1.82, 2.24) is 25.4 Å². The van der Waals surface area contributed by atoms with Crippen molar-refractivity contribution in [2.75, 3.05) is 5.75 Å². The number of thioether (sulfide) groups is 1. The average Bonchev–Trinajstić information content (AvgIpc) is 2.94. The summed E-state index contributed by atoms with van der Waals surface area (Å²) in [6, 6.07) is 5.40. The molecule has 0 aliphatic carbocycles. The van der Waals surface area contributed by atoms with Crippen LogP contribution in [0.1, 0.15) is 20.3 Å². The van der Waals surface area contributed by atoms with Gasteiger partial charge in [0, 0.05) is 18.7 Å². The van der Waals surface area contributed by atoms with Gasteiger partial charge in [0.1, 0.15) is 5.82 Å². The fraction of sp³-hybridized carbons (Fsp3) is 0.375. The second kappa shape index (κ2) is 8.61. The molecule has 0 aliphatic heterocycles. The van der Waals surface area contributed by atoms with Crippen molar-refractivity contribution in [1.29, 1.82) is 0 Å². The van der Waals surface area contributed by atoms with Gasteiger partial charge in [-0.2, -0.15) is 0 Å². The molecule has 2 rings (SSSR count). The number of rotatable bonds is 6. The predicted molar refractivity (Wildman–Crippen MR) is 93.5 cm³/mol. The van der Waals surface area contributed by atoms with Crippen LogP contribution in [0.4, 0.5) is 9.18 Å². The topological polar surface area (TPSA) is 88.9 Å². The maximum atomic E-state index is 13.0. The van der Waals surface area contributed by atoms with Crippen LogP contribution in [-0.4, -0.2) is 38.5 Å².